The smallest absolute Gasteiger partial charge is 0.323 e. The molecule has 0 spiro atoms. The highest BCUT2D eigenvalue weighted by Gasteiger charge is 2.22. The molecule has 0 aliphatic heterocycles. The van der Waals surface area contributed by atoms with E-state index in [9.17, 15) is 17.6 Å². The molecule has 0 unspecified atom stereocenters. The van der Waals surface area contributed by atoms with Crippen molar-refractivity contribution < 1.29 is 26.7 Å². The summed E-state index contributed by atoms with van der Waals surface area (Å²) >= 11 is 6.02. The number of hydrogen-bond donors (Lipinski definition) is 0. The van der Waals surface area contributed by atoms with Gasteiger partial charge in [0.25, 0.3) is 0 Å². The number of nitrogens with zero attached hydrogens (tertiary/aromatic N) is 10. The molecule has 0 radical (unpaired) electrons. The largest absolute Gasteiger partial charge is 0.345 e. The van der Waals surface area contributed by atoms with Crippen LogP contribution in [0.15, 0.2) is 55.4 Å². The van der Waals surface area contributed by atoms with Gasteiger partial charge in [-0.2, -0.15) is 32.0 Å². The molecule has 0 amide bonds. The van der Waals surface area contributed by atoms with Crippen LogP contribution in [0.1, 0.15) is 24.7 Å². The molecule has 11 nitrogen and oxygen atoms in total. The molecule has 0 fully saturated rings. The molecule has 0 aliphatic carbocycles. The molecule has 5 rings (SSSR count). The zero-order chi connectivity index (χ0) is 27.5. The van der Waals surface area contributed by atoms with Crippen molar-refractivity contribution in [2.75, 3.05) is 6.61 Å². The molecule has 1 atom stereocenters. The minimum atomic E-state index is -2.98. The van der Waals surface area contributed by atoms with Gasteiger partial charge in [0.15, 0.2) is 5.82 Å². The molecule has 0 saturated carbocycles. The molecule has 0 aliphatic rings. The van der Waals surface area contributed by atoms with Crippen molar-refractivity contribution in [1.29, 1.82) is 0 Å². The van der Waals surface area contributed by atoms with Gasteiger partial charge in [-0.1, -0.05) is 22.9 Å². The van der Waals surface area contributed by atoms with E-state index in [1.807, 2.05) is 0 Å². The summed E-state index contributed by atoms with van der Waals surface area (Å²) in [5, 5.41) is 22.1. The molecule has 4 heterocycles. The molecule has 17 heteroatoms. The molecule has 202 valence electrons. The zero-order valence-corrected chi connectivity index (χ0v) is 20.2. The van der Waals surface area contributed by atoms with Crippen molar-refractivity contribution in [3.63, 3.8) is 0 Å². The van der Waals surface area contributed by atoms with Crippen LogP contribution >= 0.6 is 11.6 Å². The number of rotatable bonds is 10. The van der Waals surface area contributed by atoms with E-state index in [1.54, 1.807) is 18.2 Å². The maximum atomic E-state index is 15.1. The Bertz CT molecular complexity index is 1540. The molecular formula is C22H16ClF5N10O. The predicted octanol–water partition coefficient (Wildman–Crippen LogP) is 4.59. The van der Waals surface area contributed by atoms with Crippen LogP contribution in [0.25, 0.3) is 28.1 Å². The topological polar surface area (TPSA) is 114 Å². The van der Waals surface area contributed by atoms with Crippen LogP contribution in [-0.2, 0) is 4.74 Å². The van der Waals surface area contributed by atoms with Gasteiger partial charge in [0.2, 0.25) is 0 Å². The lowest BCUT2D eigenvalue weighted by Crippen LogP contribution is -2.16. The Balaban J connectivity index is 1.48. The normalized spacial score (nSPS) is 12.5. The van der Waals surface area contributed by atoms with Gasteiger partial charge in [-0.3, -0.25) is 9.67 Å². The quantitative estimate of drug-likeness (QED) is 0.226. The lowest BCUT2D eigenvalue weighted by Gasteiger charge is -2.18. The van der Waals surface area contributed by atoms with E-state index in [1.165, 1.54) is 40.3 Å². The zero-order valence-electron chi connectivity index (χ0n) is 19.5. The van der Waals surface area contributed by atoms with Gasteiger partial charge >= 0.3 is 13.2 Å². The standard InChI is InChI=1S/C22H16ClF5N10O/c23-14-2-4-18(38-11-30-33-35-38)19(20(14)24)12-1-3-15(29-7-12)17(5-6-39-22(27)28)36-9-13(8-31-36)16-10-37(21(25)26)34-32-16/h1-4,7-11,17,21-22H,5-6H2/t17-/m0/s1. The fraction of sp³-hybridized carbons (Fsp3) is 0.227. The second-order valence-electron chi connectivity index (χ2n) is 7.99. The summed E-state index contributed by atoms with van der Waals surface area (Å²) in [5.41, 5.74) is 1.64. The average molecular weight is 567 g/mol. The maximum Gasteiger partial charge on any atom is 0.345 e. The Morgan fingerprint density at radius 2 is 1.79 bits per heavy atom. The lowest BCUT2D eigenvalue weighted by molar-refractivity contribution is -0.130. The molecule has 5 aromatic rings. The summed E-state index contributed by atoms with van der Waals surface area (Å²) in [6, 6.07) is 5.35. The third kappa shape index (κ3) is 5.61. The summed E-state index contributed by atoms with van der Waals surface area (Å²) in [5.74, 6) is -0.713. The molecule has 4 aromatic heterocycles. The van der Waals surface area contributed by atoms with E-state index < -0.39 is 25.0 Å². The van der Waals surface area contributed by atoms with Gasteiger partial charge in [0.1, 0.15) is 12.0 Å². The first kappa shape index (κ1) is 26.3. The first-order chi connectivity index (χ1) is 18.8. The first-order valence-corrected chi connectivity index (χ1v) is 11.5. The monoisotopic (exact) mass is 566 g/mol. The number of halogens is 6. The summed E-state index contributed by atoms with van der Waals surface area (Å²) in [4.78, 5) is 4.43. The van der Waals surface area contributed by atoms with Crippen molar-refractivity contribution in [1.82, 2.24) is 50.0 Å². The molecule has 0 N–H and O–H groups in total. The van der Waals surface area contributed by atoms with Crippen LogP contribution in [0.3, 0.4) is 0 Å². The Morgan fingerprint density at radius 3 is 2.46 bits per heavy atom. The number of pyridine rings is 1. The van der Waals surface area contributed by atoms with Crippen LogP contribution in [-0.4, -0.2) is 63.2 Å². The summed E-state index contributed by atoms with van der Waals surface area (Å²) in [6.07, 6.45) is 6.63. The number of hydrogen-bond acceptors (Lipinski definition) is 8. The van der Waals surface area contributed by atoms with Crippen LogP contribution in [0.2, 0.25) is 5.02 Å². The molecule has 0 bridgehead atoms. The average Bonchev–Trinajstić information content (AvgIpc) is 3.70. The van der Waals surface area contributed by atoms with Gasteiger partial charge in [-0.25, -0.2) is 4.39 Å². The van der Waals surface area contributed by atoms with E-state index >= 15 is 4.39 Å². The Hall–Kier alpha value is -4.31. The van der Waals surface area contributed by atoms with E-state index in [0.29, 0.717) is 27.2 Å². The number of alkyl halides is 4. The van der Waals surface area contributed by atoms with Crippen LogP contribution in [0.4, 0.5) is 22.0 Å². The fourth-order valence-electron chi connectivity index (χ4n) is 3.86. The Labute approximate surface area is 220 Å². The lowest BCUT2D eigenvalue weighted by atomic mass is 10.0. The Kier molecular flexibility index (Phi) is 7.56. The third-order valence-corrected chi connectivity index (χ3v) is 5.94. The highest BCUT2D eigenvalue weighted by Crippen LogP contribution is 2.34. The van der Waals surface area contributed by atoms with Gasteiger partial charge in [0, 0.05) is 29.1 Å². The summed E-state index contributed by atoms with van der Waals surface area (Å²) in [6.45, 7) is -6.18. The number of ether oxygens (including phenoxy) is 1. The minimum absolute atomic E-state index is 0.0307. The van der Waals surface area contributed by atoms with Crippen molar-refractivity contribution >= 4 is 11.6 Å². The Morgan fingerprint density at radius 1 is 0.949 bits per heavy atom. The number of tetrazole rings is 1. The van der Waals surface area contributed by atoms with Crippen molar-refractivity contribution in [2.45, 2.75) is 25.6 Å². The molecule has 0 saturated heterocycles. The second kappa shape index (κ2) is 11.2. The highest BCUT2D eigenvalue weighted by atomic mass is 35.5. The maximum absolute atomic E-state index is 15.1. The summed E-state index contributed by atoms with van der Waals surface area (Å²) < 4.78 is 73.7. The fourth-order valence-corrected chi connectivity index (χ4v) is 4.02. The van der Waals surface area contributed by atoms with Crippen molar-refractivity contribution in [3.05, 3.63) is 71.9 Å². The molecule has 1 aromatic carbocycles. The van der Waals surface area contributed by atoms with E-state index in [0.717, 1.165) is 6.20 Å². The van der Waals surface area contributed by atoms with Crippen molar-refractivity contribution in [2.24, 2.45) is 0 Å². The van der Waals surface area contributed by atoms with Gasteiger partial charge in [-0.15, -0.1) is 10.2 Å². The third-order valence-electron chi connectivity index (χ3n) is 5.65. The van der Waals surface area contributed by atoms with E-state index in [-0.39, 0.29) is 29.3 Å². The molecule has 39 heavy (non-hydrogen) atoms. The van der Waals surface area contributed by atoms with Gasteiger partial charge < -0.3 is 4.74 Å². The second-order valence-corrected chi connectivity index (χ2v) is 8.40. The van der Waals surface area contributed by atoms with Crippen LogP contribution < -0.4 is 0 Å². The highest BCUT2D eigenvalue weighted by molar-refractivity contribution is 6.31. The number of aromatic nitrogens is 10. The minimum Gasteiger partial charge on any atom is -0.323 e. The first-order valence-electron chi connectivity index (χ1n) is 11.1. The predicted molar refractivity (Wildman–Crippen MR) is 125 cm³/mol. The van der Waals surface area contributed by atoms with E-state index in [4.69, 9.17) is 11.6 Å². The van der Waals surface area contributed by atoms with Crippen LogP contribution in [0.5, 0.6) is 0 Å². The SMILES string of the molecule is Fc1c(Cl)ccc(-n2cnnn2)c1-c1ccc([C@H](CCOC(F)F)n2cc(-c3cn(C(F)F)nn3)cn2)nc1. The van der Waals surface area contributed by atoms with Gasteiger partial charge in [-0.05, 0) is 35.0 Å². The van der Waals surface area contributed by atoms with Crippen LogP contribution in [0, 0.1) is 5.82 Å². The molecular weight excluding hydrogens is 551 g/mol. The number of benzene rings is 1. The van der Waals surface area contributed by atoms with Gasteiger partial charge in [0.05, 0.1) is 41.4 Å². The van der Waals surface area contributed by atoms with Crippen molar-refractivity contribution in [3.8, 4) is 28.1 Å². The van der Waals surface area contributed by atoms with E-state index in [2.05, 4.69) is 40.7 Å². The summed E-state index contributed by atoms with van der Waals surface area (Å²) in [7, 11) is 0.